The molecular formula is C41H31F3N4O6. The molecule has 13 heteroatoms. The van der Waals surface area contributed by atoms with Gasteiger partial charge in [0.1, 0.15) is 35.2 Å². The van der Waals surface area contributed by atoms with Crippen LogP contribution in [0.3, 0.4) is 0 Å². The number of pyridine rings is 2. The van der Waals surface area contributed by atoms with Crippen LogP contribution in [0, 0.1) is 22.7 Å². The normalized spacial score (nSPS) is 11.9. The van der Waals surface area contributed by atoms with Crippen molar-refractivity contribution in [3.63, 3.8) is 0 Å². The predicted octanol–water partition coefficient (Wildman–Crippen LogP) is 7.90. The number of aliphatic hydroxyl groups excluding tert-OH is 4. The standard InChI is InChI=1S/C21H15F3N2O3.C20H16N2O3/c22-21(23,24)17-9-8-16(10-14(17)11-25)29-15-6-4-13(5-7-15)18-2-1-3-19(26-18)20(28)12-27;21-12-14-4-8-16(9-5-14)25-17-10-6-15(7-11-17)18-2-1-3-19(22-18)20(24)13-23/h1-10,20,27-28H,12H2;1-11,20,23-24H,13H2/t2*20-/m00/s1. The average Bonchev–Trinajstić information content (AvgIpc) is 3.21. The molecule has 2 heterocycles. The van der Waals surface area contributed by atoms with E-state index in [1.807, 2.05) is 30.3 Å². The second-order valence-electron chi connectivity index (χ2n) is 11.5. The SMILES string of the molecule is N#Cc1cc(Oc2ccc(-c3cccc([C@@H](O)CO)n3)cc2)ccc1C(F)(F)F.N#Cc1ccc(Oc2ccc(-c3cccc([C@@H](O)CO)n3)cc2)cc1. The van der Waals surface area contributed by atoms with E-state index in [9.17, 15) is 23.4 Å². The van der Waals surface area contributed by atoms with E-state index in [1.54, 1.807) is 78.9 Å². The van der Waals surface area contributed by atoms with E-state index in [0.717, 1.165) is 29.3 Å². The Morgan fingerprint density at radius 1 is 0.574 bits per heavy atom. The number of hydrogen-bond acceptors (Lipinski definition) is 10. The maximum Gasteiger partial charge on any atom is 0.417 e. The summed E-state index contributed by atoms with van der Waals surface area (Å²) in [7, 11) is 0. The molecule has 0 amide bonds. The van der Waals surface area contributed by atoms with Crippen LogP contribution in [0.1, 0.15) is 40.3 Å². The molecular weight excluding hydrogens is 701 g/mol. The maximum absolute atomic E-state index is 12.9. The van der Waals surface area contributed by atoms with Gasteiger partial charge in [-0.2, -0.15) is 23.7 Å². The van der Waals surface area contributed by atoms with Crippen LogP contribution in [0.25, 0.3) is 22.5 Å². The lowest BCUT2D eigenvalue weighted by atomic mass is 10.1. The van der Waals surface area contributed by atoms with Gasteiger partial charge in [0.05, 0.1) is 64.8 Å². The van der Waals surface area contributed by atoms with Gasteiger partial charge in [0.15, 0.2) is 0 Å². The molecule has 0 bridgehead atoms. The van der Waals surface area contributed by atoms with E-state index in [4.69, 9.17) is 30.2 Å². The summed E-state index contributed by atoms with van der Waals surface area (Å²) in [5, 5.41) is 55.2. The zero-order chi connectivity index (χ0) is 38.7. The first-order valence-electron chi connectivity index (χ1n) is 16.2. The number of aromatic nitrogens is 2. The summed E-state index contributed by atoms with van der Waals surface area (Å²) in [6.07, 6.45) is -6.68. The number of rotatable bonds is 10. The minimum Gasteiger partial charge on any atom is -0.457 e. The Bertz CT molecular complexity index is 2250. The van der Waals surface area contributed by atoms with E-state index in [-0.39, 0.29) is 12.4 Å². The van der Waals surface area contributed by atoms with Crippen molar-refractivity contribution in [2.45, 2.75) is 18.4 Å². The number of aliphatic hydroxyl groups is 4. The largest absolute Gasteiger partial charge is 0.457 e. The molecule has 272 valence electrons. The van der Waals surface area contributed by atoms with Gasteiger partial charge in [-0.25, -0.2) is 9.97 Å². The summed E-state index contributed by atoms with van der Waals surface area (Å²) >= 11 is 0. The fourth-order valence-electron chi connectivity index (χ4n) is 4.97. The quantitative estimate of drug-likeness (QED) is 0.108. The van der Waals surface area contributed by atoms with Gasteiger partial charge in [-0.15, -0.1) is 0 Å². The van der Waals surface area contributed by atoms with Gasteiger partial charge in [-0.3, -0.25) is 0 Å². The van der Waals surface area contributed by atoms with Gasteiger partial charge in [-0.1, -0.05) is 12.1 Å². The molecule has 0 aliphatic carbocycles. The number of benzene rings is 4. The van der Waals surface area contributed by atoms with Gasteiger partial charge in [0.25, 0.3) is 0 Å². The lowest BCUT2D eigenvalue weighted by Gasteiger charge is -2.12. The third kappa shape index (κ3) is 10.0. The summed E-state index contributed by atoms with van der Waals surface area (Å²) < 4.78 is 49.9. The fourth-order valence-corrected chi connectivity index (χ4v) is 4.97. The highest BCUT2D eigenvalue weighted by atomic mass is 19.4. The summed E-state index contributed by atoms with van der Waals surface area (Å²) in [6.45, 7) is -0.811. The van der Waals surface area contributed by atoms with Gasteiger partial charge in [0.2, 0.25) is 0 Å². The van der Waals surface area contributed by atoms with Crippen LogP contribution in [0.5, 0.6) is 23.0 Å². The van der Waals surface area contributed by atoms with E-state index in [1.165, 1.54) is 6.07 Å². The molecule has 0 unspecified atom stereocenters. The molecule has 4 N–H and O–H groups in total. The highest BCUT2D eigenvalue weighted by Gasteiger charge is 2.33. The molecule has 4 aromatic carbocycles. The second-order valence-corrected chi connectivity index (χ2v) is 11.5. The molecule has 6 rings (SSSR count). The summed E-state index contributed by atoms with van der Waals surface area (Å²) in [4.78, 5) is 8.65. The molecule has 2 aromatic heterocycles. The monoisotopic (exact) mass is 732 g/mol. The molecule has 0 aliphatic heterocycles. The zero-order valence-electron chi connectivity index (χ0n) is 28.2. The Hall–Kier alpha value is -6.61. The first-order valence-corrected chi connectivity index (χ1v) is 16.2. The summed E-state index contributed by atoms with van der Waals surface area (Å²) in [5.41, 5.74) is 2.68. The minimum absolute atomic E-state index is 0.105. The first-order chi connectivity index (χ1) is 26.0. The van der Waals surface area contributed by atoms with Crippen molar-refractivity contribution in [1.82, 2.24) is 9.97 Å². The Kier molecular flexibility index (Phi) is 12.7. The maximum atomic E-state index is 12.9. The third-order valence-corrected chi connectivity index (χ3v) is 7.74. The Labute approximate surface area is 307 Å². The second kappa shape index (κ2) is 17.7. The summed E-state index contributed by atoms with van der Waals surface area (Å²) in [6, 6.07) is 37.8. The minimum atomic E-state index is -4.61. The van der Waals surface area contributed by atoms with Crippen LogP contribution in [0.2, 0.25) is 0 Å². The predicted molar refractivity (Wildman–Crippen MR) is 191 cm³/mol. The van der Waals surface area contributed by atoms with Crippen molar-refractivity contribution in [3.05, 3.63) is 155 Å². The van der Waals surface area contributed by atoms with Gasteiger partial charge < -0.3 is 29.9 Å². The van der Waals surface area contributed by atoms with E-state index in [2.05, 4.69) is 16.0 Å². The van der Waals surface area contributed by atoms with Crippen LogP contribution in [-0.2, 0) is 6.18 Å². The number of halogens is 3. The van der Waals surface area contributed by atoms with Crippen molar-refractivity contribution < 1.29 is 43.1 Å². The first kappa shape index (κ1) is 38.6. The van der Waals surface area contributed by atoms with Gasteiger partial charge in [-0.05, 0) is 115 Å². The molecule has 54 heavy (non-hydrogen) atoms. The lowest BCUT2D eigenvalue weighted by Crippen LogP contribution is -2.07. The topological polar surface area (TPSA) is 173 Å². The van der Waals surface area contributed by atoms with Crippen molar-refractivity contribution >= 4 is 0 Å². The van der Waals surface area contributed by atoms with Crippen molar-refractivity contribution in [2.24, 2.45) is 0 Å². The number of hydrogen-bond donors (Lipinski definition) is 4. The number of nitrogens with zero attached hydrogens (tertiary/aromatic N) is 4. The van der Waals surface area contributed by atoms with Gasteiger partial charge >= 0.3 is 6.18 Å². The molecule has 6 aromatic rings. The van der Waals surface area contributed by atoms with Crippen LogP contribution in [0.15, 0.2) is 127 Å². The van der Waals surface area contributed by atoms with E-state index < -0.39 is 36.1 Å². The van der Waals surface area contributed by atoms with Crippen molar-refractivity contribution in [3.8, 4) is 57.7 Å². The van der Waals surface area contributed by atoms with Gasteiger partial charge in [0, 0.05) is 11.1 Å². The Morgan fingerprint density at radius 3 is 1.41 bits per heavy atom. The number of alkyl halides is 3. The molecule has 0 spiro atoms. The lowest BCUT2D eigenvalue weighted by molar-refractivity contribution is -0.137. The molecule has 10 nitrogen and oxygen atoms in total. The van der Waals surface area contributed by atoms with E-state index >= 15 is 0 Å². The number of ether oxygens (including phenoxy) is 2. The molecule has 0 fully saturated rings. The highest BCUT2D eigenvalue weighted by Crippen LogP contribution is 2.35. The zero-order valence-corrected chi connectivity index (χ0v) is 28.2. The van der Waals surface area contributed by atoms with E-state index in [0.29, 0.717) is 45.6 Å². The molecule has 0 saturated carbocycles. The molecule has 0 saturated heterocycles. The van der Waals surface area contributed by atoms with Crippen molar-refractivity contribution in [1.29, 1.82) is 10.5 Å². The Morgan fingerprint density at radius 2 is 1.00 bits per heavy atom. The molecule has 0 aliphatic rings. The smallest absolute Gasteiger partial charge is 0.417 e. The average molecular weight is 733 g/mol. The Balaban J connectivity index is 0.000000210. The third-order valence-electron chi connectivity index (χ3n) is 7.74. The van der Waals surface area contributed by atoms with Crippen LogP contribution < -0.4 is 9.47 Å². The number of nitriles is 2. The van der Waals surface area contributed by atoms with Crippen LogP contribution in [-0.4, -0.2) is 43.6 Å². The molecule has 0 radical (unpaired) electrons. The fraction of sp³-hybridized carbons (Fsp3) is 0.122. The summed E-state index contributed by atoms with van der Waals surface area (Å²) in [5.74, 6) is 1.79. The highest BCUT2D eigenvalue weighted by molar-refractivity contribution is 5.61. The van der Waals surface area contributed by atoms with Crippen LogP contribution >= 0.6 is 0 Å². The molecule has 2 atom stereocenters. The van der Waals surface area contributed by atoms with Crippen molar-refractivity contribution in [2.75, 3.05) is 13.2 Å². The van der Waals surface area contributed by atoms with Crippen LogP contribution in [0.4, 0.5) is 13.2 Å².